The van der Waals surface area contributed by atoms with Crippen LogP contribution in [0, 0.1) is 0 Å². The quantitative estimate of drug-likeness (QED) is 0.276. The van der Waals surface area contributed by atoms with Crippen molar-refractivity contribution >= 4 is 51.1 Å². The van der Waals surface area contributed by atoms with Gasteiger partial charge in [-0.3, -0.25) is 14.5 Å². The summed E-state index contributed by atoms with van der Waals surface area (Å²) in [7, 11) is 1.32. The number of aromatic nitrogens is 1. The number of thiophene rings is 1. The molecule has 10 heteroatoms. The molecule has 1 fully saturated rings. The van der Waals surface area contributed by atoms with E-state index in [1.807, 2.05) is 30.5 Å². The summed E-state index contributed by atoms with van der Waals surface area (Å²) in [5.74, 6) is -1.48. The van der Waals surface area contributed by atoms with E-state index in [1.165, 1.54) is 18.4 Å². The fourth-order valence-corrected chi connectivity index (χ4v) is 6.14. The first-order chi connectivity index (χ1) is 17.0. The van der Waals surface area contributed by atoms with Crippen molar-refractivity contribution in [1.29, 1.82) is 0 Å². The number of H-pyrrole nitrogens is 1. The van der Waals surface area contributed by atoms with E-state index in [1.54, 1.807) is 0 Å². The van der Waals surface area contributed by atoms with Gasteiger partial charge in [-0.05, 0) is 42.9 Å². The molecule has 1 saturated heterocycles. The molecule has 3 aromatic rings. The third-order valence-corrected chi connectivity index (χ3v) is 7.78. The third-order valence-electron chi connectivity index (χ3n) is 6.57. The number of aryl methyl sites for hydroxylation is 1. The maximum atomic E-state index is 13.0. The number of benzene rings is 1. The van der Waals surface area contributed by atoms with Gasteiger partial charge in [0.1, 0.15) is 17.6 Å². The number of hydrogen-bond acceptors (Lipinski definition) is 6. The largest absolute Gasteiger partial charge is 0.465 e. The molecular formula is C25H26N4O5S. The number of nitrogens with zero attached hydrogens (tertiary/aromatic N) is 1. The summed E-state index contributed by atoms with van der Waals surface area (Å²) in [5, 5.41) is 6.84. The van der Waals surface area contributed by atoms with E-state index in [0.717, 1.165) is 63.9 Å². The number of methoxy groups -OCH3 is 1. The smallest absolute Gasteiger partial charge is 0.341 e. The highest BCUT2D eigenvalue weighted by atomic mass is 32.1. The molecule has 0 unspecified atom stereocenters. The number of urea groups is 1. The van der Waals surface area contributed by atoms with Crippen molar-refractivity contribution in [2.24, 2.45) is 0 Å². The van der Waals surface area contributed by atoms with Crippen LogP contribution >= 0.6 is 11.3 Å². The first-order valence-corrected chi connectivity index (χ1v) is 12.5. The molecule has 35 heavy (non-hydrogen) atoms. The fourth-order valence-electron chi connectivity index (χ4n) is 4.84. The van der Waals surface area contributed by atoms with Crippen molar-refractivity contribution in [3.05, 3.63) is 52.0 Å². The molecule has 0 radical (unpaired) electrons. The maximum Gasteiger partial charge on any atom is 0.341 e. The Bertz CT molecular complexity index is 1330. The van der Waals surface area contributed by atoms with Gasteiger partial charge in [-0.15, -0.1) is 11.3 Å². The number of esters is 1. The van der Waals surface area contributed by atoms with Gasteiger partial charge in [0.05, 0.1) is 12.7 Å². The Morgan fingerprint density at radius 3 is 2.80 bits per heavy atom. The van der Waals surface area contributed by atoms with Crippen LogP contribution in [0.3, 0.4) is 0 Å². The van der Waals surface area contributed by atoms with Gasteiger partial charge in [-0.2, -0.15) is 0 Å². The average Bonchev–Trinajstić information content (AvgIpc) is 3.42. The molecule has 2 aliphatic rings. The molecular weight excluding hydrogens is 468 g/mol. The zero-order valence-corrected chi connectivity index (χ0v) is 20.1. The van der Waals surface area contributed by atoms with Crippen molar-refractivity contribution in [1.82, 2.24) is 15.2 Å². The van der Waals surface area contributed by atoms with Crippen LogP contribution in [0.5, 0.6) is 0 Å². The molecule has 1 aliphatic carbocycles. The van der Waals surface area contributed by atoms with E-state index >= 15 is 0 Å². The molecule has 0 saturated carbocycles. The molecule has 1 aliphatic heterocycles. The second kappa shape index (κ2) is 9.53. The molecule has 1 aromatic carbocycles. The molecule has 9 nitrogen and oxygen atoms in total. The Morgan fingerprint density at radius 2 is 1.97 bits per heavy atom. The van der Waals surface area contributed by atoms with Crippen LogP contribution in [0.2, 0.25) is 0 Å². The molecule has 0 spiro atoms. The molecule has 5 rings (SSSR count). The van der Waals surface area contributed by atoms with Gasteiger partial charge >= 0.3 is 12.0 Å². The number of hydrogen-bond donors (Lipinski definition) is 3. The van der Waals surface area contributed by atoms with Crippen molar-refractivity contribution in [2.75, 3.05) is 19.0 Å². The van der Waals surface area contributed by atoms with Crippen molar-refractivity contribution < 1.29 is 23.9 Å². The molecule has 4 amide bonds. The summed E-state index contributed by atoms with van der Waals surface area (Å²) in [6.07, 6.45) is 6.85. The lowest BCUT2D eigenvalue weighted by atomic mass is 10.1. The summed E-state index contributed by atoms with van der Waals surface area (Å²) in [4.78, 5) is 56.0. The lowest BCUT2D eigenvalue weighted by molar-refractivity contribution is -0.130. The van der Waals surface area contributed by atoms with Gasteiger partial charge in [0.2, 0.25) is 5.91 Å². The van der Waals surface area contributed by atoms with Gasteiger partial charge in [-0.25, -0.2) is 9.59 Å². The van der Waals surface area contributed by atoms with Gasteiger partial charge < -0.3 is 20.4 Å². The number of ether oxygens (including phenoxy) is 1. The van der Waals surface area contributed by atoms with Crippen molar-refractivity contribution in [3.63, 3.8) is 0 Å². The van der Waals surface area contributed by atoms with Gasteiger partial charge in [0.15, 0.2) is 0 Å². The maximum absolute atomic E-state index is 13.0. The summed E-state index contributed by atoms with van der Waals surface area (Å²) in [6, 6.07) is 6.37. The molecule has 3 N–H and O–H groups in total. The zero-order valence-electron chi connectivity index (χ0n) is 19.3. The summed E-state index contributed by atoms with van der Waals surface area (Å²) >= 11 is 1.37. The second-order valence-electron chi connectivity index (χ2n) is 8.80. The monoisotopic (exact) mass is 494 g/mol. The van der Waals surface area contributed by atoms with Gasteiger partial charge in [0.25, 0.3) is 5.91 Å². The summed E-state index contributed by atoms with van der Waals surface area (Å²) in [5.41, 5.74) is 3.18. The normalized spacial score (nSPS) is 17.7. The number of amides is 4. The Morgan fingerprint density at radius 1 is 1.17 bits per heavy atom. The number of para-hydroxylation sites is 1. The minimum atomic E-state index is -0.752. The van der Waals surface area contributed by atoms with Crippen LogP contribution < -0.4 is 10.6 Å². The minimum Gasteiger partial charge on any atom is -0.465 e. The molecule has 2 aromatic heterocycles. The Kier molecular flexibility index (Phi) is 6.29. The van der Waals surface area contributed by atoms with Crippen LogP contribution in [0.1, 0.15) is 45.6 Å². The van der Waals surface area contributed by atoms with Crippen LogP contribution in [-0.4, -0.2) is 53.4 Å². The average molecular weight is 495 g/mol. The predicted octanol–water partition coefficient (Wildman–Crippen LogP) is 3.39. The number of imide groups is 1. The highest BCUT2D eigenvalue weighted by molar-refractivity contribution is 7.17. The van der Waals surface area contributed by atoms with E-state index in [2.05, 4.69) is 15.6 Å². The van der Waals surface area contributed by atoms with E-state index in [4.69, 9.17) is 4.74 Å². The number of rotatable bonds is 6. The highest BCUT2D eigenvalue weighted by Gasteiger charge is 2.39. The van der Waals surface area contributed by atoms with Gasteiger partial charge in [0, 0.05) is 28.4 Å². The summed E-state index contributed by atoms with van der Waals surface area (Å²) in [6.45, 7) is -0.432. The number of carbonyl (C=O) groups excluding carboxylic acids is 4. The summed E-state index contributed by atoms with van der Waals surface area (Å²) < 4.78 is 4.97. The predicted molar refractivity (Wildman–Crippen MR) is 132 cm³/mol. The van der Waals surface area contributed by atoms with E-state index in [0.29, 0.717) is 17.0 Å². The van der Waals surface area contributed by atoms with Crippen molar-refractivity contribution in [3.8, 4) is 0 Å². The number of carbonyl (C=O) groups is 4. The number of fused-ring (bicyclic) bond motifs is 2. The Balaban J connectivity index is 1.29. The van der Waals surface area contributed by atoms with Gasteiger partial charge in [-0.1, -0.05) is 24.6 Å². The number of aromatic amines is 1. The van der Waals surface area contributed by atoms with E-state index < -0.39 is 36.4 Å². The Hall–Kier alpha value is -3.66. The SMILES string of the molecule is COC(=O)c1c(NC(=O)CN2C(=O)N[C@@H](Cc3c[nH]c4ccccc34)C2=O)sc2c1CCCCC2. The van der Waals surface area contributed by atoms with Crippen LogP contribution in [0.25, 0.3) is 10.9 Å². The molecule has 182 valence electrons. The van der Waals surface area contributed by atoms with Crippen molar-refractivity contribution in [2.45, 2.75) is 44.6 Å². The fraction of sp³-hybridized carbons (Fsp3) is 0.360. The van der Waals surface area contributed by atoms with Crippen LogP contribution in [0.15, 0.2) is 30.5 Å². The topological polar surface area (TPSA) is 121 Å². The van der Waals surface area contributed by atoms with Crippen LogP contribution in [-0.2, 0) is 33.6 Å². The lowest BCUT2D eigenvalue weighted by Crippen LogP contribution is -2.38. The Labute approximate surface area is 205 Å². The highest BCUT2D eigenvalue weighted by Crippen LogP contribution is 2.38. The molecule has 3 heterocycles. The van der Waals surface area contributed by atoms with E-state index in [9.17, 15) is 19.2 Å². The first kappa shape index (κ1) is 23.1. The second-order valence-corrected chi connectivity index (χ2v) is 9.90. The number of nitrogens with one attached hydrogen (secondary N) is 3. The minimum absolute atomic E-state index is 0.316. The van der Waals surface area contributed by atoms with Crippen LogP contribution in [0.4, 0.5) is 9.80 Å². The molecule has 0 bridgehead atoms. The first-order valence-electron chi connectivity index (χ1n) is 11.7. The standard InChI is InChI=1S/C25H26N4O5S/c1-34-24(32)21-16-8-3-2-4-10-19(16)35-22(21)28-20(30)13-29-23(31)18(27-25(29)33)11-14-12-26-17-9-6-5-7-15(14)17/h5-7,9,12,18,26H,2-4,8,10-11,13H2,1H3,(H,27,33)(H,28,30)/t18-/m0/s1. The molecule has 1 atom stereocenters. The zero-order chi connectivity index (χ0) is 24.5. The van der Waals surface area contributed by atoms with E-state index in [-0.39, 0.29) is 0 Å². The number of anilines is 1. The third kappa shape index (κ3) is 4.41. The lowest BCUT2D eigenvalue weighted by Gasteiger charge is -2.13.